The molecule has 0 N–H and O–H groups in total. The minimum absolute atomic E-state index is 0.215. The second-order valence-electron chi connectivity index (χ2n) is 8.21. The van der Waals surface area contributed by atoms with E-state index in [1.807, 2.05) is 0 Å². The Hall–Kier alpha value is -3.34. The summed E-state index contributed by atoms with van der Waals surface area (Å²) in [5, 5.41) is 7.97. The van der Waals surface area contributed by atoms with Gasteiger partial charge in [0.2, 0.25) is 0 Å². The molecule has 0 bridgehead atoms. The third-order valence-corrected chi connectivity index (χ3v) is 6.21. The topological polar surface area (TPSA) is 83.3 Å². The van der Waals surface area contributed by atoms with E-state index in [1.54, 1.807) is 51.2 Å². The van der Waals surface area contributed by atoms with Crippen LogP contribution in [0.5, 0.6) is 0 Å². The standard InChI is InChI=1S/C24H24F3N3O4S/c1-15(20-14-30(29-28-20)13-16-5-9-18(10-6-16)24(25,26)27)34-21(31)17-7-11-19(12-8-17)35-23(2,3)22(32)33-4/h5-12,14-15H,13H2,1-4H3. The molecule has 0 saturated carbocycles. The van der Waals surface area contributed by atoms with Crippen LogP contribution >= 0.6 is 11.8 Å². The molecular weight excluding hydrogens is 483 g/mol. The average molecular weight is 508 g/mol. The van der Waals surface area contributed by atoms with Crippen molar-refractivity contribution in [2.45, 2.75) is 49.2 Å². The Morgan fingerprint density at radius 3 is 2.26 bits per heavy atom. The highest BCUT2D eigenvalue weighted by Crippen LogP contribution is 2.33. The minimum atomic E-state index is -4.39. The molecule has 186 valence electrons. The first-order chi connectivity index (χ1) is 16.4. The van der Waals surface area contributed by atoms with Gasteiger partial charge >= 0.3 is 18.1 Å². The highest BCUT2D eigenvalue weighted by molar-refractivity contribution is 8.01. The number of carbonyl (C=O) groups is 2. The van der Waals surface area contributed by atoms with Crippen molar-refractivity contribution < 1.29 is 32.2 Å². The zero-order valence-electron chi connectivity index (χ0n) is 19.5. The Bertz CT molecular complexity index is 1180. The normalized spacial score (nSPS) is 12.8. The molecule has 3 aromatic rings. The molecule has 2 aromatic carbocycles. The molecule has 0 spiro atoms. The summed E-state index contributed by atoms with van der Waals surface area (Å²) < 4.78 is 49.1. The number of thioether (sulfide) groups is 1. The lowest BCUT2D eigenvalue weighted by molar-refractivity contribution is -0.142. The molecule has 0 aliphatic heterocycles. The molecule has 7 nitrogen and oxygen atoms in total. The SMILES string of the molecule is COC(=O)C(C)(C)Sc1ccc(C(=O)OC(C)c2cn(Cc3ccc(C(F)(F)F)cc3)nn2)cc1. The molecular formula is C24H24F3N3O4S. The van der Waals surface area contributed by atoms with Gasteiger partial charge in [0.1, 0.15) is 16.5 Å². The van der Waals surface area contributed by atoms with E-state index in [1.165, 1.54) is 35.7 Å². The summed E-state index contributed by atoms with van der Waals surface area (Å²) >= 11 is 1.31. The van der Waals surface area contributed by atoms with E-state index < -0.39 is 28.6 Å². The summed E-state index contributed by atoms with van der Waals surface area (Å²) in [5.74, 6) is -0.912. The van der Waals surface area contributed by atoms with E-state index in [4.69, 9.17) is 9.47 Å². The Morgan fingerprint density at radius 2 is 1.69 bits per heavy atom. The summed E-state index contributed by atoms with van der Waals surface area (Å²) in [7, 11) is 1.33. The first kappa shape index (κ1) is 26.3. The van der Waals surface area contributed by atoms with Crippen LogP contribution in [0.1, 0.15) is 54.1 Å². The van der Waals surface area contributed by atoms with Crippen LogP contribution in [0.15, 0.2) is 59.6 Å². The fourth-order valence-electron chi connectivity index (χ4n) is 3.09. The van der Waals surface area contributed by atoms with Crippen molar-refractivity contribution in [1.29, 1.82) is 0 Å². The van der Waals surface area contributed by atoms with Crippen molar-refractivity contribution in [3.05, 3.63) is 77.1 Å². The van der Waals surface area contributed by atoms with Crippen molar-refractivity contribution >= 4 is 23.7 Å². The van der Waals surface area contributed by atoms with Gasteiger partial charge in [0, 0.05) is 4.90 Å². The maximum atomic E-state index is 12.7. The second kappa shape index (κ2) is 10.5. The van der Waals surface area contributed by atoms with Crippen LogP contribution in [0.2, 0.25) is 0 Å². The van der Waals surface area contributed by atoms with Crippen LogP contribution < -0.4 is 0 Å². The van der Waals surface area contributed by atoms with Gasteiger partial charge in [0.05, 0.1) is 31.0 Å². The third kappa shape index (κ3) is 6.84. The Kier molecular flexibility index (Phi) is 7.89. The first-order valence-electron chi connectivity index (χ1n) is 10.5. The predicted molar refractivity (Wildman–Crippen MR) is 123 cm³/mol. The average Bonchev–Trinajstić information content (AvgIpc) is 3.27. The smallest absolute Gasteiger partial charge is 0.416 e. The number of carbonyl (C=O) groups excluding carboxylic acids is 2. The van der Waals surface area contributed by atoms with Gasteiger partial charge in [-0.2, -0.15) is 13.2 Å². The summed E-state index contributed by atoms with van der Waals surface area (Å²) in [4.78, 5) is 25.2. The van der Waals surface area contributed by atoms with Gasteiger partial charge in [-0.1, -0.05) is 17.3 Å². The summed E-state index contributed by atoms with van der Waals surface area (Å²) in [6.45, 7) is 5.36. The molecule has 0 amide bonds. The highest BCUT2D eigenvalue weighted by atomic mass is 32.2. The van der Waals surface area contributed by atoms with Gasteiger partial charge < -0.3 is 9.47 Å². The lowest BCUT2D eigenvalue weighted by atomic mass is 10.1. The summed E-state index contributed by atoms with van der Waals surface area (Å²) in [6.07, 6.45) is -3.52. The summed E-state index contributed by atoms with van der Waals surface area (Å²) in [6, 6.07) is 11.4. The third-order valence-electron chi connectivity index (χ3n) is 5.02. The number of nitrogens with zero attached hydrogens (tertiary/aromatic N) is 3. The number of ether oxygens (including phenoxy) is 2. The molecule has 0 radical (unpaired) electrons. The molecule has 1 atom stereocenters. The minimum Gasteiger partial charge on any atom is -0.468 e. The van der Waals surface area contributed by atoms with E-state index in [9.17, 15) is 22.8 Å². The van der Waals surface area contributed by atoms with Crippen molar-refractivity contribution in [2.75, 3.05) is 7.11 Å². The van der Waals surface area contributed by atoms with E-state index in [2.05, 4.69) is 10.3 Å². The van der Waals surface area contributed by atoms with E-state index in [-0.39, 0.29) is 12.5 Å². The number of methoxy groups -OCH3 is 1. The van der Waals surface area contributed by atoms with Crippen LogP contribution in [-0.4, -0.2) is 38.8 Å². The number of aromatic nitrogens is 3. The van der Waals surface area contributed by atoms with Crippen LogP contribution in [-0.2, 0) is 27.0 Å². The van der Waals surface area contributed by atoms with Gasteiger partial charge in [-0.3, -0.25) is 4.79 Å². The fraction of sp³-hybridized carbons (Fsp3) is 0.333. The van der Waals surface area contributed by atoms with Gasteiger partial charge in [0.15, 0.2) is 0 Å². The summed E-state index contributed by atoms with van der Waals surface area (Å²) in [5.41, 5.74) is 0.624. The van der Waals surface area contributed by atoms with Crippen LogP contribution in [0.4, 0.5) is 13.2 Å². The van der Waals surface area contributed by atoms with Crippen molar-refractivity contribution in [3.63, 3.8) is 0 Å². The number of rotatable bonds is 8. The molecule has 1 heterocycles. The van der Waals surface area contributed by atoms with Crippen LogP contribution in [0.25, 0.3) is 0 Å². The monoisotopic (exact) mass is 507 g/mol. The number of alkyl halides is 3. The lowest BCUT2D eigenvalue weighted by Gasteiger charge is -2.20. The molecule has 0 aliphatic rings. The molecule has 0 fully saturated rings. The number of hydrogen-bond acceptors (Lipinski definition) is 7. The molecule has 3 rings (SSSR count). The maximum Gasteiger partial charge on any atom is 0.416 e. The predicted octanol–water partition coefficient (Wildman–Crippen LogP) is 5.31. The van der Waals surface area contributed by atoms with Crippen molar-refractivity contribution in [1.82, 2.24) is 15.0 Å². The Morgan fingerprint density at radius 1 is 1.06 bits per heavy atom. The first-order valence-corrected chi connectivity index (χ1v) is 11.4. The molecule has 1 aromatic heterocycles. The highest BCUT2D eigenvalue weighted by Gasteiger charge is 2.31. The zero-order chi connectivity index (χ0) is 25.8. The van der Waals surface area contributed by atoms with Gasteiger partial charge in [-0.25, -0.2) is 9.48 Å². The van der Waals surface area contributed by atoms with Crippen LogP contribution in [0, 0.1) is 0 Å². The van der Waals surface area contributed by atoms with Crippen molar-refractivity contribution in [3.8, 4) is 0 Å². The molecule has 0 saturated heterocycles. The van der Waals surface area contributed by atoms with Crippen molar-refractivity contribution in [2.24, 2.45) is 0 Å². The van der Waals surface area contributed by atoms with E-state index in [0.717, 1.165) is 17.0 Å². The maximum absolute atomic E-state index is 12.7. The molecule has 11 heteroatoms. The van der Waals surface area contributed by atoms with Gasteiger partial charge in [0.25, 0.3) is 0 Å². The van der Waals surface area contributed by atoms with E-state index >= 15 is 0 Å². The number of halogens is 3. The number of benzene rings is 2. The zero-order valence-corrected chi connectivity index (χ0v) is 20.3. The number of esters is 2. The second-order valence-corrected chi connectivity index (χ2v) is 9.91. The molecule has 1 unspecified atom stereocenters. The van der Waals surface area contributed by atoms with E-state index in [0.29, 0.717) is 16.8 Å². The van der Waals surface area contributed by atoms with Crippen LogP contribution in [0.3, 0.4) is 0 Å². The fourth-order valence-corrected chi connectivity index (χ4v) is 4.12. The quantitative estimate of drug-likeness (QED) is 0.302. The Balaban J connectivity index is 1.59. The van der Waals surface area contributed by atoms with Gasteiger partial charge in [-0.05, 0) is 62.7 Å². The van der Waals surface area contributed by atoms with Gasteiger partial charge in [-0.15, -0.1) is 16.9 Å². The lowest BCUT2D eigenvalue weighted by Crippen LogP contribution is -2.28. The largest absolute Gasteiger partial charge is 0.468 e. The Labute approximate surface area is 204 Å². The molecule has 0 aliphatic carbocycles. The number of hydrogen-bond donors (Lipinski definition) is 0. The molecule has 35 heavy (non-hydrogen) atoms.